The lowest BCUT2D eigenvalue weighted by Crippen LogP contribution is -1.96. The van der Waals surface area contributed by atoms with Gasteiger partial charge in [-0.05, 0) is 12.5 Å². The van der Waals surface area contributed by atoms with Crippen molar-refractivity contribution in [3.05, 3.63) is 21.9 Å². The Morgan fingerprint density at radius 1 is 1.47 bits per heavy atom. The first-order chi connectivity index (χ1) is 7.24. The third-order valence-corrected chi connectivity index (χ3v) is 3.53. The lowest BCUT2D eigenvalue weighted by atomic mass is 10.3. The molecule has 0 fully saturated rings. The van der Waals surface area contributed by atoms with Crippen molar-refractivity contribution < 1.29 is 4.74 Å². The quantitative estimate of drug-likeness (QED) is 0.776. The highest BCUT2D eigenvalue weighted by Gasteiger charge is 2.09. The molecule has 2 aromatic rings. The fourth-order valence-electron chi connectivity index (χ4n) is 1.35. The minimum absolute atomic E-state index is 0.398. The van der Waals surface area contributed by atoms with Gasteiger partial charge >= 0.3 is 0 Å². The molecule has 0 aliphatic heterocycles. The van der Waals surface area contributed by atoms with E-state index in [0.29, 0.717) is 17.6 Å². The van der Waals surface area contributed by atoms with Gasteiger partial charge in [-0.25, -0.2) is 9.97 Å². The van der Waals surface area contributed by atoms with E-state index in [9.17, 15) is 0 Å². The Morgan fingerprint density at radius 2 is 2.27 bits per heavy atom. The van der Waals surface area contributed by atoms with E-state index in [0.717, 1.165) is 16.6 Å². The van der Waals surface area contributed by atoms with Crippen molar-refractivity contribution in [3.8, 4) is 0 Å². The van der Waals surface area contributed by atoms with Crippen LogP contribution in [0.15, 0.2) is 6.07 Å². The highest BCUT2D eigenvalue weighted by molar-refractivity contribution is 7.18. The van der Waals surface area contributed by atoms with Gasteiger partial charge < -0.3 is 4.74 Å². The summed E-state index contributed by atoms with van der Waals surface area (Å²) in [5, 5.41) is 1.46. The molecule has 0 amide bonds. The van der Waals surface area contributed by atoms with Gasteiger partial charge in [0.1, 0.15) is 16.6 Å². The van der Waals surface area contributed by atoms with Gasteiger partial charge in [-0.3, -0.25) is 0 Å². The van der Waals surface area contributed by atoms with Gasteiger partial charge in [-0.1, -0.05) is 18.5 Å². The largest absolute Gasteiger partial charge is 0.377 e. The number of halogens is 1. The summed E-state index contributed by atoms with van der Waals surface area (Å²) in [5.41, 5.74) is 0. The van der Waals surface area contributed by atoms with Crippen LogP contribution in [0, 0.1) is 0 Å². The van der Waals surface area contributed by atoms with Crippen LogP contribution in [0.25, 0.3) is 10.2 Å². The predicted molar refractivity (Wildman–Crippen MR) is 62.5 cm³/mol. The fraction of sp³-hybridized carbons (Fsp3) is 0.400. The van der Waals surface area contributed by atoms with Crippen LogP contribution in [0.1, 0.15) is 17.6 Å². The van der Waals surface area contributed by atoms with Gasteiger partial charge in [-0.15, -0.1) is 11.3 Å². The summed E-state index contributed by atoms with van der Waals surface area (Å²) < 4.78 is 4.99. The molecule has 0 N–H and O–H groups in total. The van der Waals surface area contributed by atoms with Crippen molar-refractivity contribution in [2.75, 3.05) is 7.11 Å². The zero-order valence-corrected chi connectivity index (χ0v) is 10.2. The first kappa shape index (κ1) is 10.8. The van der Waals surface area contributed by atoms with Crippen LogP contribution < -0.4 is 0 Å². The van der Waals surface area contributed by atoms with E-state index in [1.165, 1.54) is 4.88 Å². The number of aryl methyl sites for hydroxylation is 1. The Balaban J connectivity index is 2.54. The lowest BCUT2D eigenvalue weighted by Gasteiger charge is -1.99. The Bertz CT molecular complexity index is 483. The average molecular weight is 243 g/mol. The second-order valence-electron chi connectivity index (χ2n) is 3.15. The summed E-state index contributed by atoms with van der Waals surface area (Å²) in [6.45, 7) is 2.51. The molecular weight excluding hydrogens is 232 g/mol. The van der Waals surface area contributed by atoms with E-state index in [4.69, 9.17) is 16.3 Å². The van der Waals surface area contributed by atoms with Gasteiger partial charge in [-0.2, -0.15) is 0 Å². The molecule has 3 nitrogen and oxygen atoms in total. The van der Waals surface area contributed by atoms with Crippen LogP contribution in [0.2, 0.25) is 5.15 Å². The first-order valence-electron chi connectivity index (χ1n) is 4.68. The molecule has 5 heteroatoms. The molecule has 0 aliphatic rings. The number of aromatic nitrogens is 2. The van der Waals surface area contributed by atoms with Crippen molar-refractivity contribution in [1.82, 2.24) is 9.97 Å². The van der Waals surface area contributed by atoms with E-state index in [2.05, 4.69) is 23.0 Å². The number of ether oxygens (including phenoxy) is 1. The molecule has 2 aromatic heterocycles. The zero-order chi connectivity index (χ0) is 10.8. The molecule has 0 spiro atoms. The van der Waals surface area contributed by atoms with Gasteiger partial charge in [0, 0.05) is 17.4 Å². The number of thiophene rings is 1. The van der Waals surface area contributed by atoms with Gasteiger partial charge in [0.2, 0.25) is 0 Å². The highest BCUT2D eigenvalue weighted by atomic mass is 35.5. The summed E-state index contributed by atoms with van der Waals surface area (Å²) in [4.78, 5) is 10.8. The molecule has 2 rings (SSSR count). The highest BCUT2D eigenvalue weighted by Crippen LogP contribution is 2.29. The van der Waals surface area contributed by atoms with Crippen molar-refractivity contribution >= 4 is 33.2 Å². The topological polar surface area (TPSA) is 35.0 Å². The molecule has 2 heterocycles. The van der Waals surface area contributed by atoms with Gasteiger partial charge in [0.15, 0.2) is 5.82 Å². The molecule has 0 unspecified atom stereocenters. The third kappa shape index (κ3) is 2.12. The van der Waals surface area contributed by atoms with Gasteiger partial charge in [0.05, 0.1) is 0 Å². The van der Waals surface area contributed by atoms with Crippen molar-refractivity contribution in [1.29, 1.82) is 0 Å². The van der Waals surface area contributed by atoms with E-state index >= 15 is 0 Å². The molecule has 0 atom stereocenters. The SMILES string of the molecule is CCc1cc2c(Cl)nc(COC)nc2s1. The summed E-state index contributed by atoms with van der Waals surface area (Å²) >= 11 is 7.73. The molecule has 0 bridgehead atoms. The van der Waals surface area contributed by atoms with E-state index < -0.39 is 0 Å². The molecule has 0 radical (unpaired) electrons. The predicted octanol–water partition coefficient (Wildman–Crippen LogP) is 3.05. The van der Waals surface area contributed by atoms with Crippen molar-refractivity contribution in [2.24, 2.45) is 0 Å². The Hall–Kier alpha value is -0.710. The van der Waals surface area contributed by atoms with Crippen molar-refractivity contribution in [3.63, 3.8) is 0 Å². The molecule has 80 valence electrons. The maximum atomic E-state index is 6.07. The summed E-state index contributed by atoms with van der Waals surface area (Å²) in [6, 6.07) is 2.05. The monoisotopic (exact) mass is 242 g/mol. The maximum Gasteiger partial charge on any atom is 0.157 e. The summed E-state index contributed by atoms with van der Waals surface area (Å²) in [6.07, 6.45) is 0.997. The first-order valence-corrected chi connectivity index (χ1v) is 5.87. The molecule has 15 heavy (non-hydrogen) atoms. The number of hydrogen-bond donors (Lipinski definition) is 0. The van der Waals surface area contributed by atoms with E-state index in [1.807, 2.05) is 0 Å². The normalized spacial score (nSPS) is 11.1. The minimum Gasteiger partial charge on any atom is -0.377 e. The molecule has 0 saturated heterocycles. The average Bonchev–Trinajstić information content (AvgIpc) is 2.62. The Morgan fingerprint density at radius 3 is 2.93 bits per heavy atom. The van der Waals surface area contributed by atoms with Gasteiger partial charge in [0.25, 0.3) is 0 Å². The van der Waals surface area contributed by atoms with Crippen LogP contribution in [0.4, 0.5) is 0 Å². The minimum atomic E-state index is 0.398. The number of fused-ring (bicyclic) bond motifs is 1. The van der Waals surface area contributed by atoms with E-state index in [1.54, 1.807) is 18.4 Å². The smallest absolute Gasteiger partial charge is 0.157 e. The molecule has 0 aromatic carbocycles. The van der Waals surface area contributed by atoms with E-state index in [-0.39, 0.29) is 0 Å². The number of rotatable bonds is 3. The fourth-order valence-corrected chi connectivity index (χ4v) is 2.63. The zero-order valence-electron chi connectivity index (χ0n) is 8.58. The lowest BCUT2D eigenvalue weighted by molar-refractivity contribution is 0.178. The molecular formula is C10H11ClN2OS. The van der Waals surface area contributed by atoms with Crippen LogP contribution in [0.3, 0.4) is 0 Å². The number of nitrogens with zero attached hydrogens (tertiary/aromatic N) is 2. The number of methoxy groups -OCH3 is 1. The standard InChI is InChI=1S/C10H11ClN2OS/c1-3-6-4-7-9(11)12-8(5-14-2)13-10(7)15-6/h4H,3,5H2,1-2H3. The summed E-state index contributed by atoms with van der Waals surface area (Å²) in [5.74, 6) is 0.638. The second kappa shape index (κ2) is 4.43. The second-order valence-corrected chi connectivity index (χ2v) is 4.62. The Kier molecular flexibility index (Phi) is 3.19. The van der Waals surface area contributed by atoms with Crippen LogP contribution >= 0.6 is 22.9 Å². The van der Waals surface area contributed by atoms with Crippen LogP contribution in [-0.4, -0.2) is 17.1 Å². The van der Waals surface area contributed by atoms with Crippen LogP contribution in [-0.2, 0) is 17.8 Å². The number of hydrogen-bond acceptors (Lipinski definition) is 4. The third-order valence-electron chi connectivity index (χ3n) is 2.07. The van der Waals surface area contributed by atoms with Crippen LogP contribution in [0.5, 0.6) is 0 Å². The summed E-state index contributed by atoms with van der Waals surface area (Å²) in [7, 11) is 1.62. The maximum absolute atomic E-state index is 6.07. The Labute approximate surface area is 97.1 Å². The molecule has 0 saturated carbocycles. The molecule has 0 aliphatic carbocycles. The van der Waals surface area contributed by atoms with Crippen molar-refractivity contribution in [2.45, 2.75) is 20.0 Å².